The Balaban J connectivity index is 1.56. The van der Waals surface area contributed by atoms with Crippen LogP contribution in [0, 0.1) is 0 Å². The molecule has 0 unspecified atom stereocenters. The summed E-state index contributed by atoms with van der Waals surface area (Å²) in [5.41, 5.74) is 3.20. The summed E-state index contributed by atoms with van der Waals surface area (Å²) in [4.78, 5) is 0.402. The van der Waals surface area contributed by atoms with Crippen molar-refractivity contribution in [3.63, 3.8) is 0 Å². The van der Waals surface area contributed by atoms with Gasteiger partial charge in [-0.1, -0.05) is 12.1 Å². The van der Waals surface area contributed by atoms with Gasteiger partial charge in [0.1, 0.15) is 0 Å². The molecule has 0 spiro atoms. The average molecular weight is 368 g/mol. The summed E-state index contributed by atoms with van der Waals surface area (Å²) in [6.45, 7) is 0.520. The monoisotopic (exact) mass is 368 g/mol. The van der Waals surface area contributed by atoms with Gasteiger partial charge in [0.15, 0.2) is 11.5 Å². The molecular formula is C19H20N4O2S. The van der Waals surface area contributed by atoms with Crippen molar-refractivity contribution < 1.29 is 8.42 Å². The molecule has 3 heterocycles. The second kappa shape index (κ2) is 5.89. The van der Waals surface area contributed by atoms with Gasteiger partial charge in [0.25, 0.3) is 0 Å². The number of rotatable bonds is 3. The summed E-state index contributed by atoms with van der Waals surface area (Å²) in [6.07, 6.45) is 6.61. The molecule has 0 amide bonds. The van der Waals surface area contributed by atoms with E-state index in [9.17, 15) is 8.42 Å². The summed E-state index contributed by atoms with van der Waals surface area (Å²) < 4.78 is 30.2. The Labute approximate surface area is 152 Å². The van der Waals surface area contributed by atoms with E-state index in [1.165, 1.54) is 11.1 Å². The molecule has 2 aliphatic rings. The molecule has 3 aromatic rings. The van der Waals surface area contributed by atoms with Crippen molar-refractivity contribution >= 4 is 15.7 Å². The van der Waals surface area contributed by atoms with Gasteiger partial charge in [-0.25, -0.2) is 8.42 Å². The number of aromatic nitrogens is 3. The Kier molecular flexibility index (Phi) is 3.62. The summed E-state index contributed by atoms with van der Waals surface area (Å²) in [7, 11) is -3.55. The Hall–Kier alpha value is -2.25. The first-order chi connectivity index (χ1) is 12.6. The summed E-state index contributed by atoms with van der Waals surface area (Å²) >= 11 is 0. The molecule has 0 saturated carbocycles. The molecule has 1 fully saturated rings. The van der Waals surface area contributed by atoms with Gasteiger partial charge in [0, 0.05) is 12.7 Å². The van der Waals surface area contributed by atoms with Crippen molar-refractivity contribution in [2.45, 2.75) is 43.0 Å². The zero-order valence-corrected chi connectivity index (χ0v) is 15.2. The normalized spacial score (nSPS) is 20.7. The van der Waals surface area contributed by atoms with Crippen LogP contribution in [0.1, 0.15) is 42.3 Å². The first-order valence-electron chi connectivity index (χ1n) is 9.08. The standard InChI is InChI=1S/C19H20N4O2S/c24-26(25,16-10-9-14-5-3-6-15(14)13-16)23-12-4-7-17(23)19-21-20-18-8-1-2-11-22(18)19/h1-2,8-11,13,17H,3-7,12H2/t17-/m0/s1. The van der Waals surface area contributed by atoms with Crippen molar-refractivity contribution in [2.75, 3.05) is 6.54 Å². The van der Waals surface area contributed by atoms with Gasteiger partial charge < -0.3 is 0 Å². The largest absolute Gasteiger partial charge is 0.285 e. The third-order valence-electron chi connectivity index (χ3n) is 5.52. The molecule has 26 heavy (non-hydrogen) atoms. The maximum Gasteiger partial charge on any atom is 0.243 e. The van der Waals surface area contributed by atoms with Crippen molar-refractivity contribution in [2.24, 2.45) is 0 Å². The molecule has 1 aromatic carbocycles. The summed E-state index contributed by atoms with van der Waals surface area (Å²) in [6, 6.07) is 11.0. The van der Waals surface area contributed by atoms with E-state index in [1.807, 2.05) is 40.9 Å². The molecule has 1 saturated heterocycles. The number of fused-ring (bicyclic) bond motifs is 2. The zero-order valence-electron chi connectivity index (χ0n) is 14.4. The lowest BCUT2D eigenvalue weighted by molar-refractivity contribution is 0.381. The highest BCUT2D eigenvalue weighted by Gasteiger charge is 2.38. The number of aryl methyl sites for hydroxylation is 2. The molecule has 134 valence electrons. The Morgan fingerprint density at radius 2 is 1.88 bits per heavy atom. The lowest BCUT2D eigenvalue weighted by atomic mass is 10.1. The highest BCUT2D eigenvalue weighted by atomic mass is 32.2. The van der Waals surface area contributed by atoms with Crippen molar-refractivity contribution in [3.8, 4) is 0 Å². The van der Waals surface area contributed by atoms with Crippen LogP contribution in [0.15, 0.2) is 47.5 Å². The van der Waals surface area contributed by atoms with E-state index in [0.717, 1.165) is 37.8 Å². The van der Waals surface area contributed by atoms with Gasteiger partial charge in [0.2, 0.25) is 10.0 Å². The minimum atomic E-state index is -3.55. The van der Waals surface area contributed by atoms with E-state index in [2.05, 4.69) is 10.2 Å². The molecule has 0 bridgehead atoms. The number of sulfonamides is 1. The van der Waals surface area contributed by atoms with Crippen molar-refractivity contribution in [1.29, 1.82) is 0 Å². The molecule has 2 aromatic heterocycles. The molecule has 1 aliphatic carbocycles. The second-order valence-electron chi connectivity index (χ2n) is 7.04. The van der Waals surface area contributed by atoms with Crippen molar-refractivity contribution in [1.82, 2.24) is 18.9 Å². The first-order valence-corrected chi connectivity index (χ1v) is 10.5. The van der Waals surface area contributed by atoms with E-state index < -0.39 is 10.0 Å². The van der Waals surface area contributed by atoms with Crippen LogP contribution in [0.5, 0.6) is 0 Å². The van der Waals surface area contributed by atoms with Gasteiger partial charge in [0.05, 0.1) is 10.9 Å². The molecule has 7 heteroatoms. The minimum Gasteiger partial charge on any atom is -0.285 e. The van der Waals surface area contributed by atoms with E-state index >= 15 is 0 Å². The predicted octanol–water partition coefficient (Wildman–Crippen LogP) is 2.74. The van der Waals surface area contributed by atoms with Gasteiger partial charge >= 0.3 is 0 Å². The van der Waals surface area contributed by atoms with Crippen LogP contribution in [-0.4, -0.2) is 33.9 Å². The number of nitrogens with zero attached hydrogens (tertiary/aromatic N) is 4. The molecule has 0 radical (unpaired) electrons. The molecule has 0 N–H and O–H groups in total. The van der Waals surface area contributed by atoms with Crippen LogP contribution >= 0.6 is 0 Å². The van der Waals surface area contributed by atoms with Crippen LogP contribution in [0.4, 0.5) is 0 Å². The average Bonchev–Trinajstić information content (AvgIpc) is 3.38. The molecule has 5 rings (SSSR count). The number of benzene rings is 1. The zero-order chi connectivity index (χ0) is 17.7. The highest BCUT2D eigenvalue weighted by Crippen LogP contribution is 2.36. The van der Waals surface area contributed by atoms with Crippen LogP contribution in [0.25, 0.3) is 5.65 Å². The maximum absolute atomic E-state index is 13.3. The summed E-state index contributed by atoms with van der Waals surface area (Å²) in [5, 5.41) is 8.49. The molecule has 1 aliphatic heterocycles. The fraction of sp³-hybridized carbons (Fsp3) is 0.368. The SMILES string of the molecule is O=S(=O)(c1ccc2c(c1)CCC2)N1CCC[C@H]1c1nnc2ccccn12. The van der Waals surface area contributed by atoms with E-state index in [1.54, 1.807) is 10.4 Å². The number of pyridine rings is 1. The van der Waals surface area contributed by atoms with Gasteiger partial charge in [-0.3, -0.25) is 4.40 Å². The fourth-order valence-corrected chi connectivity index (χ4v) is 5.92. The van der Waals surface area contributed by atoms with Gasteiger partial charge in [-0.2, -0.15) is 4.31 Å². The Morgan fingerprint density at radius 1 is 1.00 bits per heavy atom. The van der Waals surface area contributed by atoms with E-state index in [0.29, 0.717) is 17.3 Å². The maximum atomic E-state index is 13.3. The van der Waals surface area contributed by atoms with Crippen LogP contribution in [0.2, 0.25) is 0 Å². The molecule has 1 atom stereocenters. The Morgan fingerprint density at radius 3 is 2.81 bits per heavy atom. The number of hydrogen-bond donors (Lipinski definition) is 0. The molecule has 6 nitrogen and oxygen atoms in total. The summed E-state index contributed by atoms with van der Waals surface area (Å²) in [5.74, 6) is 0.697. The van der Waals surface area contributed by atoms with E-state index in [4.69, 9.17) is 0 Å². The predicted molar refractivity (Wildman–Crippen MR) is 97.3 cm³/mol. The smallest absolute Gasteiger partial charge is 0.243 e. The lowest BCUT2D eigenvalue weighted by Crippen LogP contribution is -2.31. The third-order valence-corrected chi connectivity index (χ3v) is 7.42. The topological polar surface area (TPSA) is 67.6 Å². The van der Waals surface area contributed by atoms with E-state index in [-0.39, 0.29) is 6.04 Å². The second-order valence-corrected chi connectivity index (χ2v) is 8.94. The van der Waals surface area contributed by atoms with Crippen LogP contribution < -0.4 is 0 Å². The first kappa shape index (κ1) is 16.0. The quantitative estimate of drug-likeness (QED) is 0.713. The minimum absolute atomic E-state index is 0.273. The number of hydrogen-bond acceptors (Lipinski definition) is 4. The Bertz CT molecular complexity index is 1090. The van der Waals surface area contributed by atoms with Crippen LogP contribution in [0.3, 0.4) is 0 Å². The molecular weight excluding hydrogens is 348 g/mol. The van der Waals surface area contributed by atoms with Gasteiger partial charge in [-0.05, 0) is 67.5 Å². The highest BCUT2D eigenvalue weighted by molar-refractivity contribution is 7.89. The fourth-order valence-electron chi connectivity index (χ4n) is 4.22. The van der Waals surface area contributed by atoms with Gasteiger partial charge in [-0.15, -0.1) is 10.2 Å². The van der Waals surface area contributed by atoms with Crippen LogP contribution in [-0.2, 0) is 22.9 Å². The van der Waals surface area contributed by atoms with Crippen molar-refractivity contribution in [3.05, 3.63) is 59.5 Å². The third kappa shape index (κ3) is 2.38. The lowest BCUT2D eigenvalue weighted by Gasteiger charge is -2.23.